The zero-order valence-corrected chi connectivity index (χ0v) is 19.9. The van der Waals surface area contributed by atoms with Gasteiger partial charge in [0.05, 0.1) is 33.8 Å². The van der Waals surface area contributed by atoms with E-state index in [1.807, 2.05) is 85.3 Å². The average molecular weight is 476 g/mol. The molecule has 0 bridgehead atoms. The number of hydrogen-bond acceptors (Lipinski definition) is 4. The maximum Gasteiger partial charge on any atom is 0.138 e. The van der Waals surface area contributed by atoms with Crippen molar-refractivity contribution in [3.05, 3.63) is 128 Å². The van der Waals surface area contributed by atoms with Crippen molar-refractivity contribution in [2.75, 3.05) is 0 Å². The highest BCUT2D eigenvalue weighted by Gasteiger charge is 2.14. The molecule has 0 fully saturated rings. The molecule has 37 heavy (non-hydrogen) atoms. The molecule has 0 spiro atoms. The van der Waals surface area contributed by atoms with Gasteiger partial charge in [0.2, 0.25) is 0 Å². The van der Waals surface area contributed by atoms with E-state index in [2.05, 4.69) is 57.0 Å². The molecule has 174 valence electrons. The molecule has 0 saturated heterocycles. The lowest BCUT2D eigenvalue weighted by Crippen LogP contribution is -1.99. The van der Waals surface area contributed by atoms with Crippen LogP contribution in [0.3, 0.4) is 0 Å². The maximum absolute atomic E-state index is 5.06. The highest BCUT2D eigenvalue weighted by atomic mass is 15.1. The lowest BCUT2D eigenvalue weighted by molar-refractivity contribution is 1.08. The Labute approximate surface area is 213 Å². The first-order chi connectivity index (χ1) is 18.3. The normalized spacial score (nSPS) is 11.2. The quantitative estimate of drug-likeness (QED) is 0.267. The van der Waals surface area contributed by atoms with E-state index in [0.29, 0.717) is 0 Å². The monoisotopic (exact) mass is 475 g/mol. The predicted octanol–water partition coefficient (Wildman–Crippen LogP) is 7.36. The topological polar surface area (TPSA) is 56.5 Å². The largest absolute Gasteiger partial charge is 0.294 e. The third-order valence-electron chi connectivity index (χ3n) is 6.57. The van der Waals surface area contributed by atoms with Gasteiger partial charge in [-0.15, -0.1) is 0 Å². The second kappa shape index (κ2) is 8.81. The highest BCUT2D eigenvalue weighted by molar-refractivity contribution is 6.08. The van der Waals surface area contributed by atoms with E-state index in [4.69, 9.17) is 9.97 Å². The summed E-state index contributed by atoms with van der Waals surface area (Å²) in [6.07, 6.45) is 5.56. The molecule has 0 unspecified atom stereocenters. The Hall–Kier alpha value is -5.16. The fourth-order valence-corrected chi connectivity index (χ4v) is 4.86. The van der Waals surface area contributed by atoms with Crippen molar-refractivity contribution in [1.29, 1.82) is 0 Å². The second-order valence-electron chi connectivity index (χ2n) is 8.83. The van der Waals surface area contributed by atoms with Crippen LogP contribution in [0.1, 0.15) is 0 Å². The number of hydrogen-bond donors (Lipinski definition) is 0. The molecule has 0 amide bonds. The van der Waals surface area contributed by atoms with Gasteiger partial charge >= 0.3 is 0 Å². The predicted molar refractivity (Wildman–Crippen MR) is 148 cm³/mol. The molecule has 2 aromatic carbocycles. The summed E-state index contributed by atoms with van der Waals surface area (Å²) in [6.45, 7) is 0. The van der Waals surface area contributed by atoms with Crippen LogP contribution in [-0.4, -0.2) is 24.5 Å². The zero-order valence-electron chi connectivity index (χ0n) is 19.9. The summed E-state index contributed by atoms with van der Waals surface area (Å²) in [4.78, 5) is 18.9. The van der Waals surface area contributed by atoms with Gasteiger partial charge in [-0.3, -0.25) is 14.5 Å². The van der Waals surface area contributed by atoms with Gasteiger partial charge in [-0.05, 0) is 54.6 Å². The molecule has 5 aromatic heterocycles. The zero-order chi connectivity index (χ0) is 24.6. The summed E-state index contributed by atoms with van der Waals surface area (Å²) in [5, 5.41) is 2.27. The lowest BCUT2D eigenvalue weighted by atomic mass is 10.0. The van der Waals surface area contributed by atoms with E-state index >= 15 is 0 Å². The molecule has 0 saturated carbocycles. The third-order valence-corrected chi connectivity index (χ3v) is 6.57. The molecular formula is C32H21N5. The van der Waals surface area contributed by atoms with E-state index in [1.54, 1.807) is 0 Å². The number of rotatable bonds is 4. The van der Waals surface area contributed by atoms with Crippen LogP contribution in [-0.2, 0) is 0 Å². The Kier molecular flexibility index (Phi) is 5.03. The standard InChI is InChI=1S/C32H21N5/c1-2-15-30-24(10-1)25-21-33-19-17-31(25)37(30)32-16-7-14-29(36-32)28-13-6-12-27(35-28)23-9-5-8-22(20-23)26-11-3-4-18-34-26/h1-21H. The summed E-state index contributed by atoms with van der Waals surface area (Å²) in [6, 6.07) is 36.8. The van der Waals surface area contributed by atoms with E-state index < -0.39 is 0 Å². The SMILES string of the molecule is c1ccc(-c2cccc(-c3cccc(-c4cccc(-n5c6ccccc6c6cnccc65)n4)n3)c2)nc1. The van der Waals surface area contributed by atoms with Gasteiger partial charge in [-0.25, -0.2) is 9.97 Å². The fourth-order valence-electron chi connectivity index (χ4n) is 4.86. The van der Waals surface area contributed by atoms with Gasteiger partial charge in [0.1, 0.15) is 5.82 Å². The van der Waals surface area contributed by atoms with Crippen molar-refractivity contribution in [2.45, 2.75) is 0 Å². The molecule has 0 atom stereocenters. The van der Waals surface area contributed by atoms with Gasteiger partial charge in [0, 0.05) is 40.5 Å². The van der Waals surface area contributed by atoms with Crippen LogP contribution in [0.4, 0.5) is 0 Å². The van der Waals surface area contributed by atoms with Crippen molar-refractivity contribution < 1.29 is 0 Å². The molecule has 5 heterocycles. The van der Waals surface area contributed by atoms with Crippen molar-refractivity contribution >= 4 is 21.8 Å². The Morgan fingerprint density at radius 2 is 1.19 bits per heavy atom. The Balaban J connectivity index is 1.32. The number of benzene rings is 2. The second-order valence-corrected chi connectivity index (χ2v) is 8.83. The van der Waals surface area contributed by atoms with Crippen LogP contribution in [0.15, 0.2) is 128 Å². The summed E-state index contributed by atoms with van der Waals surface area (Å²) < 4.78 is 2.19. The minimum absolute atomic E-state index is 0.820. The fraction of sp³-hybridized carbons (Fsp3) is 0. The Morgan fingerprint density at radius 1 is 0.486 bits per heavy atom. The third kappa shape index (κ3) is 3.74. The van der Waals surface area contributed by atoms with E-state index in [1.165, 1.54) is 0 Å². The maximum atomic E-state index is 5.06. The molecule has 0 N–H and O–H groups in total. The van der Waals surface area contributed by atoms with Gasteiger partial charge in [0.25, 0.3) is 0 Å². The van der Waals surface area contributed by atoms with Crippen molar-refractivity contribution in [3.63, 3.8) is 0 Å². The molecular weight excluding hydrogens is 454 g/mol. The van der Waals surface area contributed by atoms with Gasteiger partial charge in [-0.1, -0.05) is 54.6 Å². The van der Waals surface area contributed by atoms with Crippen LogP contribution in [0.25, 0.3) is 61.5 Å². The van der Waals surface area contributed by atoms with E-state index in [0.717, 1.165) is 61.5 Å². The molecule has 7 rings (SSSR count). The first-order valence-electron chi connectivity index (χ1n) is 12.1. The summed E-state index contributed by atoms with van der Waals surface area (Å²) in [5.74, 6) is 0.847. The van der Waals surface area contributed by atoms with E-state index in [-0.39, 0.29) is 0 Å². The van der Waals surface area contributed by atoms with Crippen LogP contribution in [0, 0.1) is 0 Å². The Bertz CT molecular complexity index is 1840. The average Bonchev–Trinajstić information content (AvgIpc) is 3.32. The molecule has 5 nitrogen and oxygen atoms in total. The minimum atomic E-state index is 0.820. The molecule has 5 heteroatoms. The summed E-state index contributed by atoms with van der Waals surface area (Å²) in [5.41, 5.74) is 7.76. The van der Waals surface area contributed by atoms with E-state index in [9.17, 15) is 0 Å². The van der Waals surface area contributed by atoms with Crippen LogP contribution >= 0.6 is 0 Å². The summed E-state index contributed by atoms with van der Waals surface area (Å²) >= 11 is 0. The number of aromatic nitrogens is 5. The minimum Gasteiger partial charge on any atom is -0.294 e. The first-order valence-corrected chi connectivity index (χ1v) is 12.1. The van der Waals surface area contributed by atoms with Crippen molar-refractivity contribution in [3.8, 4) is 39.7 Å². The summed E-state index contributed by atoms with van der Waals surface area (Å²) in [7, 11) is 0. The van der Waals surface area contributed by atoms with Gasteiger partial charge in [0.15, 0.2) is 0 Å². The molecule has 0 aliphatic heterocycles. The van der Waals surface area contributed by atoms with Crippen LogP contribution in [0.5, 0.6) is 0 Å². The highest BCUT2D eigenvalue weighted by Crippen LogP contribution is 2.31. The number of para-hydroxylation sites is 1. The van der Waals surface area contributed by atoms with Gasteiger partial charge < -0.3 is 0 Å². The molecule has 0 aliphatic rings. The number of fused-ring (bicyclic) bond motifs is 3. The Morgan fingerprint density at radius 3 is 2.08 bits per heavy atom. The number of pyridine rings is 4. The molecule has 0 aliphatic carbocycles. The van der Waals surface area contributed by atoms with Gasteiger partial charge in [-0.2, -0.15) is 0 Å². The van der Waals surface area contributed by atoms with Crippen LogP contribution in [0.2, 0.25) is 0 Å². The lowest BCUT2D eigenvalue weighted by Gasteiger charge is -2.10. The smallest absolute Gasteiger partial charge is 0.138 e. The van der Waals surface area contributed by atoms with Crippen molar-refractivity contribution in [1.82, 2.24) is 24.5 Å². The van der Waals surface area contributed by atoms with Crippen molar-refractivity contribution in [2.24, 2.45) is 0 Å². The molecule has 7 aromatic rings. The molecule has 0 radical (unpaired) electrons. The first kappa shape index (κ1) is 21.1. The van der Waals surface area contributed by atoms with Crippen LogP contribution < -0.4 is 0 Å². The number of nitrogens with zero attached hydrogens (tertiary/aromatic N) is 5.